The van der Waals surface area contributed by atoms with Gasteiger partial charge in [-0.05, 0) is 38.8 Å². The number of hydrogen-bond acceptors (Lipinski definition) is 5. The smallest absolute Gasteiger partial charge is 0.227 e. The van der Waals surface area contributed by atoms with Crippen molar-refractivity contribution in [1.82, 2.24) is 9.97 Å². The standard InChI is InChI=1S/C19H26N4O/c1-5-10-23(11-6-2)19-20-14(3)12-18(22-19)21-17-9-7-8-16(13-17)15(4)24/h7-9,12-13H,5-6,10-11H2,1-4H3,(H,20,21,22). The van der Waals surface area contributed by atoms with Crippen molar-refractivity contribution >= 4 is 23.2 Å². The predicted octanol–water partition coefficient (Wildman–Crippen LogP) is 4.36. The minimum atomic E-state index is 0.0512. The van der Waals surface area contributed by atoms with Crippen molar-refractivity contribution in [3.8, 4) is 0 Å². The van der Waals surface area contributed by atoms with E-state index in [0.717, 1.165) is 49.1 Å². The van der Waals surface area contributed by atoms with Crippen LogP contribution in [0.25, 0.3) is 0 Å². The van der Waals surface area contributed by atoms with Gasteiger partial charge in [-0.2, -0.15) is 4.98 Å². The first kappa shape index (κ1) is 17.9. The van der Waals surface area contributed by atoms with E-state index < -0.39 is 0 Å². The summed E-state index contributed by atoms with van der Waals surface area (Å²) in [5, 5.41) is 3.29. The van der Waals surface area contributed by atoms with E-state index in [4.69, 9.17) is 0 Å². The fourth-order valence-electron chi connectivity index (χ4n) is 2.57. The number of benzene rings is 1. The Morgan fingerprint density at radius 3 is 2.46 bits per heavy atom. The number of aromatic nitrogens is 2. The molecule has 2 aromatic rings. The zero-order chi connectivity index (χ0) is 17.5. The molecule has 5 heteroatoms. The van der Waals surface area contributed by atoms with Gasteiger partial charge in [0, 0.05) is 36.1 Å². The molecule has 0 spiro atoms. The summed E-state index contributed by atoms with van der Waals surface area (Å²) in [4.78, 5) is 23.0. The second-order valence-corrected chi connectivity index (χ2v) is 5.94. The third-order valence-corrected chi connectivity index (χ3v) is 3.65. The van der Waals surface area contributed by atoms with Gasteiger partial charge < -0.3 is 10.2 Å². The molecule has 128 valence electrons. The molecule has 1 N–H and O–H groups in total. The maximum atomic E-state index is 11.5. The lowest BCUT2D eigenvalue weighted by Gasteiger charge is -2.22. The highest BCUT2D eigenvalue weighted by Gasteiger charge is 2.10. The van der Waals surface area contributed by atoms with Crippen LogP contribution in [0.5, 0.6) is 0 Å². The van der Waals surface area contributed by atoms with Crippen LogP contribution in [0.1, 0.15) is 49.7 Å². The van der Waals surface area contributed by atoms with E-state index in [1.54, 1.807) is 6.92 Å². The van der Waals surface area contributed by atoms with Crippen LogP contribution in [0.4, 0.5) is 17.5 Å². The van der Waals surface area contributed by atoms with Gasteiger partial charge in [-0.3, -0.25) is 4.79 Å². The number of Topliss-reactive ketones (excluding diaryl/α,β-unsaturated/α-hetero) is 1. The van der Waals surface area contributed by atoms with E-state index in [-0.39, 0.29) is 5.78 Å². The van der Waals surface area contributed by atoms with Gasteiger partial charge in [0.1, 0.15) is 5.82 Å². The van der Waals surface area contributed by atoms with Crippen LogP contribution >= 0.6 is 0 Å². The van der Waals surface area contributed by atoms with Crippen molar-refractivity contribution in [2.45, 2.75) is 40.5 Å². The molecule has 0 amide bonds. The van der Waals surface area contributed by atoms with Crippen molar-refractivity contribution in [3.63, 3.8) is 0 Å². The minimum absolute atomic E-state index is 0.0512. The van der Waals surface area contributed by atoms with Gasteiger partial charge in [-0.15, -0.1) is 0 Å². The Hall–Kier alpha value is -2.43. The number of nitrogens with one attached hydrogen (secondary N) is 1. The van der Waals surface area contributed by atoms with Gasteiger partial charge in [0.25, 0.3) is 0 Å². The highest BCUT2D eigenvalue weighted by molar-refractivity contribution is 5.95. The Kier molecular flexibility index (Phi) is 6.29. The number of anilines is 3. The summed E-state index contributed by atoms with van der Waals surface area (Å²) in [6, 6.07) is 9.37. The first-order valence-corrected chi connectivity index (χ1v) is 8.52. The third kappa shape index (κ3) is 4.78. The highest BCUT2D eigenvalue weighted by Crippen LogP contribution is 2.20. The topological polar surface area (TPSA) is 58.1 Å². The van der Waals surface area contributed by atoms with Crippen LogP contribution in [0.15, 0.2) is 30.3 Å². The second-order valence-electron chi connectivity index (χ2n) is 5.94. The molecule has 0 aliphatic rings. The Morgan fingerprint density at radius 1 is 1.12 bits per heavy atom. The SMILES string of the molecule is CCCN(CCC)c1nc(C)cc(Nc2cccc(C(C)=O)c2)n1. The van der Waals surface area contributed by atoms with Gasteiger partial charge in [0.15, 0.2) is 5.78 Å². The lowest BCUT2D eigenvalue weighted by Crippen LogP contribution is -2.27. The maximum absolute atomic E-state index is 11.5. The molecule has 24 heavy (non-hydrogen) atoms. The van der Waals surface area contributed by atoms with Crippen LogP contribution in [0.3, 0.4) is 0 Å². The summed E-state index contributed by atoms with van der Waals surface area (Å²) in [7, 11) is 0. The molecule has 0 radical (unpaired) electrons. The second kappa shape index (κ2) is 8.43. The molecular weight excluding hydrogens is 300 g/mol. The Labute approximate surface area is 144 Å². The average molecular weight is 326 g/mol. The van der Waals surface area contributed by atoms with E-state index >= 15 is 0 Å². The van der Waals surface area contributed by atoms with Crippen molar-refractivity contribution in [2.24, 2.45) is 0 Å². The summed E-state index contributed by atoms with van der Waals surface area (Å²) >= 11 is 0. The van der Waals surface area contributed by atoms with Crippen molar-refractivity contribution in [1.29, 1.82) is 0 Å². The van der Waals surface area contributed by atoms with Crippen LogP contribution < -0.4 is 10.2 Å². The van der Waals surface area contributed by atoms with Gasteiger partial charge in [-0.25, -0.2) is 4.98 Å². The largest absolute Gasteiger partial charge is 0.341 e. The number of aryl methyl sites for hydroxylation is 1. The molecule has 2 rings (SSSR count). The van der Waals surface area contributed by atoms with Crippen LogP contribution in [0, 0.1) is 6.92 Å². The van der Waals surface area contributed by atoms with E-state index in [2.05, 4.69) is 34.0 Å². The van der Waals surface area contributed by atoms with Gasteiger partial charge in [0.2, 0.25) is 5.95 Å². The quantitative estimate of drug-likeness (QED) is 0.731. The first-order chi connectivity index (χ1) is 11.5. The highest BCUT2D eigenvalue weighted by atomic mass is 16.1. The summed E-state index contributed by atoms with van der Waals surface area (Å²) < 4.78 is 0. The van der Waals surface area contributed by atoms with Crippen molar-refractivity contribution in [3.05, 3.63) is 41.6 Å². The molecule has 0 atom stereocenters. The average Bonchev–Trinajstić information content (AvgIpc) is 2.54. The predicted molar refractivity (Wildman–Crippen MR) is 99.3 cm³/mol. The molecule has 5 nitrogen and oxygen atoms in total. The molecule has 0 aliphatic carbocycles. The number of carbonyl (C=O) groups is 1. The zero-order valence-electron chi connectivity index (χ0n) is 15.0. The fourth-order valence-corrected chi connectivity index (χ4v) is 2.57. The third-order valence-electron chi connectivity index (χ3n) is 3.65. The zero-order valence-corrected chi connectivity index (χ0v) is 15.0. The van der Waals surface area contributed by atoms with Crippen LogP contribution in [-0.4, -0.2) is 28.8 Å². The lowest BCUT2D eigenvalue weighted by molar-refractivity contribution is 0.101. The van der Waals surface area contributed by atoms with E-state index in [9.17, 15) is 4.79 Å². The Morgan fingerprint density at radius 2 is 1.83 bits per heavy atom. The normalized spacial score (nSPS) is 10.5. The summed E-state index contributed by atoms with van der Waals surface area (Å²) in [6.45, 7) is 9.74. The van der Waals surface area contributed by atoms with Gasteiger partial charge in [-0.1, -0.05) is 26.0 Å². The Bertz CT molecular complexity index is 694. The molecule has 0 aliphatic heterocycles. The molecule has 1 aromatic carbocycles. The summed E-state index contributed by atoms with van der Waals surface area (Å²) in [5.74, 6) is 1.55. The summed E-state index contributed by atoms with van der Waals surface area (Å²) in [5.41, 5.74) is 2.45. The monoisotopic (exact) mass is 326 g/mol. The van der Waals surface area contributed by atoms with E-state index in [1.807, 2.05) is 37.3 Å². The van der Waals surface area contributed by atoms with Crippen molar-refractivity contribution < 1.29 is 4.79 Å². The number of nitrogens with zero attached hydrogens (tertiary/aromatic N) is 3. The molecule has 0 fully saturated rings. The Balaban J connectivity index is 2.27. The summed E-state index contributed by atoms with van der Waals surface area (Å²) in [6.07, 6.45) is 2.11. The van der Waals surface area contributed by atoms with Crippen LogP contribution in [-0.2, 0) is 0 Å². The molecule has 1 heterocycles. The van der Waals surface area contributed by atoms with Gasteiger partial charge in [0.05, 0.1) is 0 Å². The minimum Gasteiger partial charge on any atom is -0.341 e. The molecule has 1 aromatic heterocycles. The number of ketones is 1. The lowest BCUT2D eigenvalue weighted by atomic mass is 10.1. The fraction of sp³-hybridized carbons (Fsp3) is 0.421. The number of rotatable bonds is 8. The van der Waals surface area contributed by atoms with E-state index in [0.29, 0.717) is 5.56 Å². The van der Waals surface area contributed by atoms with Crippen LogP contribution in [0.2, 0.25) is 0 Å². The molecule has 0 saturated carbocycles. The molecule has 0 bridgehead atoms. The molecule has 0 unspecified atom stereocenters. The first-order valence-electron chi connectivity index (χ1n) is 8.52. The molecular formula is C19H26N4O. The van der Waals surface area contributed by atoms with Crippen molar-refractivity contribution in [2.75, 3.05) is 23.3 Å². The van der Waals surface area contributed by atoms with Gasteiger partial charge >= 0.3 is 0 Å². The number of hydrogen-bond donors (Lipinski definition) is 1. The molecule has 0 saturated heterocycles. The van der Waals surface area contributed by atoms with E-state index in [1.165, 1.54) is 0 Å². The maximum Gasteiger partial charge on any atom is 0.227 e. The number of carbonyl (C=O) groups excluding carboxylic acids is 1.